The van der Waals surface area contributed by atoms with Gasteiger partial charge in [-0.25, -0.2) is 9.18 Å². The number of carbonyl (C=O) groups is 1. The van der Waals surface area contributed by atoms with Crippen molar-refractivity contribution in [2.75, 3.05) is 36.8 Å². The summed E-state index contributed by atoms with van der Waals surface area (Å²) >= 11 is 1.50. The Labute approximate surface area is 141 Å². The quantitative estimate of drug-likeness (QED) is 0.853. The summed E-state index contributed by atoms with van der Waals surface area (Å²) in [4.78, 5) is 27.3. The maximum atomic E-state index is 13.9. The van der Waals surface area contributed by atoms with Crippen LogP contribution in [-0.4, -0.2) is 47.6 Å². The van der Waals surface area contributed by atoms with Crippen LogP contribution in [0.2, 0.25) is 0 Å². The van der Waals surface area contributed by atoms with Crippen molar-refractivity contribution < 1.29 is 14.3 Å². The van der Waals surface area contributed by atoms with Gasteiger partial charge in [-0.1, -0.05) is 0 Å². The number of carboxylic acids is 1. The molecule has 4 rings (SSSR count). The highest BCUT2D eigenvalue weighted by Crippen LogP contribution is 2.36. The molecule has 1 aromatic carbocycles. The first-order chi connectivity index (χ1) is 11.6. The van der Waals surface area contributed by atoms with Crippen LogP contribution < -0.4 is 15.6 Å². The molecule has 1 saturated heterocycles. The van der Waals surface area contributed by atoms with E-state index in [-0.39, 0.29) is 10.9 Å². The number of carboxylic acid groups (broad SMARTS) is 1. The van der Waals surface area contributed by atoms with Gasteiger partial charge in [0.15, 0.2) is 0 Å². The van der Waals surface area contributed by atoms with E-state index in [0.29, 0.717) is 41.6 Å². The largest absolute Gasteiger partial charge is 0.477 e. The molecule has 126 valence electrons. The predicted molar refractivity (Wildman–Crippen MR) is 90.9 cm³/mol. The number of aryl methyl sites for hydroxylation is 1. The molecule has 3 heterocycles. The summed E-state index contributed by atoms with van der Waals surface area (Å²) in [6.45, 7) is 3.33. The molecule has 0 aliphatic carbocycles. The number of pyridine rings is 1. The maximum Gasteiger partial charge on any atom is 0.343 e. The molecular formula is C16H16FN3O3S. The first-order valence-electron chi connectivity index (χ1n) is 7.79. The fraction of sp³-hybridized carbons (Fsp3) is 0.375. The van der Waals surface area contributed by atoms with Gasteiger partial charge in [0.2, 0.25) is 5.43 Å². The highest BCUT2D eigenvalue weighted by Gasteiger charge is 2.29. The molecular weight excluding hydrogens is 333 g/mol. The SMILES string of the molecule is O=C(O)c1c(N2CCNCC2)n2c3c(cc(F)cc3c1=O)SCC2. The third-order valence-electron chi connectivity index (χ3n) is 4.46. The standard InChI is InChI=1S/C16H16FN3O3S/c17-9-7-10-13-11(8-9)24-6-5-20(13)15(12(14(10)21)16(22)23)19-3-1-18-2-4-19/h7-8,18H,1-6H2,(H,22,23). The predicted octanol–water partition coefficient (Wildman–Crippen LogP) is 1.35. The van der Waals surface area contributed by atoms with Crippen molar-refractivity contribution >= 4 is 34.5 Å². The normalized spacial score (nSPS) is 17.3. The van der Waals surface area contributed by atoms with Gasteiger partial charge in [-0.15, -0.1) is 11.8 Å². The number of nitrogens with one attached hydrogen (secondary N) is 1. The number of thioether (sulfide) groups is 1. The molecule has 0 radical (unpaired) electrons. The van der Waals surface area contributed by atoms with Crippen LogP contribution in [0.5, 0.6) is 0 Å². The van der Waals surface area contributed by atoms with Crippen LogP contribution in [0.25, 0.3) is 10.9 Å². The molecule has 0 unspecified atom stereocenters. The van der Waals surface area contributed by atoms with Gasteiger partial charge in [-0.3, -0.25) is 4.79 Å². The Kier molecular flexibility index (Phi) is 3.73. The van der Waals surface area contributed by atoms with Gasteiger partial charge < -0.3 is 19.9 Å². The van der Waals surface area contributed by atoms with E-state index in [0.717, 1.165) is 19.2 Å². The number of aromatic carboxylic acids is 1. The molecule has 2 aliphatic rings. The number of piperazine rings is 1. The smallest absolute Gasteiger partial charge is 0.343 e. The molecule has 0 saturated carbocycles. The van der Waals surface area contributed by atoms with E-state index in [4.69, 9.17) is 0 Å². The lowest BCUT2D eigenvalue weighted by Gasteiger charge is -2.34. The molecule has 2 aromatic rings. The van der Waals surface area contributed by atoms with Crippen molar-refractivity contribution in [3.05, 3.63) is 33.7 Å². The van der Waals surface area contributed by atoms with E-state index in [1.54, 1.807) is 0 Å². The monoisotopic (exact) mass is 349 g/mol. The highest BCUT2D eigenvalue weighted by atomic mass is 32.2. The molecule has 0 amide bonds. The summed E-state index contributed by atoms with van der Waals surface area (Å²) < 4.78 is 15.8. The second-order valence-electron chi connectivity index (χ2n) is 5.87. The Morgan fingerprint density at radius 3 is 2.71 bits per heavy atom. The van der Waals surface area contributed by atoms with Gasteiger partial charge in [-0.05, 0) is 12.1 Å². The zero-order chi connectivity index (χ0) is 16.8. The number of anilines is 1. The summed E-state index contributed by atoms with van der Waals surface area (Å²) in [6, 6.07) is 2.57. The summed E-state index contributed by atoms with van der Waals surface area (Å²) in [5, 5.41) is 13.0. The van der Waals surface area contributed by atoms with E-state index in [9.17, 15) is 19.1 Å². The van der Waals surface area contributed by atoms with Crippen molar-refractivity contribution in [2.45, 2.75) is 11.4 Å². The molecule has 24 heavy (non-hydrogen) atoms. The number of halogens is 1. The molecule has 8 heteroatoms. The van der Waals surface area contributed by atoms with E-state index in [1.165, 1.54) is 17.8 Å². The minimum Gasteiger partial charge on any atom is -0.477 e. The van der Waals surface area contributed by atoms with E-state index >= 15 is 0 Å². The van der Waals surface area contributed by atoms with Crippen LogP contribution in [0, 0.1) is 5.82 Å². The number of benzene rings is 1. The summed E-state index contributed by atoms with van der Waals surface area (Å²) in [5.74, 6) is -0.605. The number of hydrogen-bond acceptors (Lipinski definition) is 5. The first kappa shape index (κ1) is 15.5. The number of nitrogens with zero attached hydrogens (tertiary/aromatic N) is 2. The number of rotatable bonds is 2. The molecule has 0 atom stereocenters. The first-order valence-corrected chi connectivity index (χ1v) is 8.78. The topological polar surface area (TPSA) is 74.6 Å². The Bertz CT molecular complexity index is 906. The Hall–Kier alpha value is -2.06. The molecule has 2 aliphatic heterocycles. The molecule has 6 nitrogen and oxygen atoms in total. The third kappa shape index (κ3) is 2.29. The van der Waals surface area contributed by atoms with Crippen molar-refractivity contribution in [2.24, 2.45) is 0 Å². The lowest BCUT2D eigenvalue weighted by molar-refractivity contribution is 0.0695. The van der Waals surface area contributed by atoms with Gasteiger partial charge in [0.05, 0.1) is 10.9 Å². The average molecular weight is 349 g/mol. The minimum atomic E-state index is -1.26. The summed E-state index contributed by atoms with van der Waals surface area (Å²) in [7, 11) is 0. The van der Waals surface area contributed by atoms with Crippen molar-refractivity contribution in [1.82, 2.24) is 9.88 Å². The van der Waals surface area contributed by atoms with Crippen molar-refractivity contribution in [3.8, 4) is 0 Å². The summed E-state index contributed by atoms with van der Waals surface area (Å²) in [5.41, 5.74) is -0.213. The highest BCUT2D eigenvalue weighted by molar-refractivity contribution is 7.99. The van der Waals surface area contributed by atoms with E-state index in [2.05, 4.69) is 5.32 Å². The fourth-order valence-electron chi connectivity index (χ4n) is 3.48. The lowest BCUT2D eigenvalue weighted by Crippen LogP contribution is -2.46. The number of hydrogen-bond donors (Lipinski definition) is 2. The van der Waals surface area contributed by atoms with Gasteiger partial charge in [-0.2, -0.15) is 0 Å². The Morgan fingerprint density at radius 2 is 2.00 bits per heavy atom. The van der Waals surface area contributed by atoms with Gasteiger partial charge in [0.25, 0.3) is 0 Å². The van der Waals surface area contributed by atoms with Crippen LogP contribution in [-0.2, 0) is 6.54 Å². The molecule has 1 fully saturated rings. The van der Waals surface area contributed by atoms with Crippen molar-refractivity contribution in [3.63, 3.8) is 0 Å². The second-order valence-corrected chi connectivity index (χ2v) is 7.01. The van der Waals surface area contributed by atoms with Crippen LogP contribution in [0.15, 0.2) is 21.8 Å². The minimum absolute atomic E-state index is 0.147. The fourth-order valence-corrected chi connectivity index (χ4v) is 4.52. The molecule has 0 spiro atoms. The molecule has 1 aromatic heterocycles. The Balaban J connectivity index is 2.12. The van der Waals surface area contributed by atoms with Crippen LogP contribution in [0.4, 0.5) is 10.2 Å². The maximum absolute atomic E-state index is 13.9. The van der Waals surface area contributed by atoms with Crippen LogP contribution in [0.3, 0.4) is 0 Å². The van der Waals surface area contributed by atoms with Crippen molar-refractivity contribution in [1.29, 1.82) is 0 Å². The molecule has 0 bridgehead atoms. The zero-order valence-electron chi connectivity index (χ0n) is 12.8. The summed E-state index contributed by atoms with van der Waals surface area (Å²) in [6.07, 6.45) is 0. The zero-order valence-corrected chi connectivity index (χ0v) is 13.7. The van der Waals surface area contributed by atoms with Crippen LogP contribution >= 0.6 is 11.8 Å². The number of aromatic nitrogens is 1. The molecule has 2 N–H and O–H groups in total. The van der Waals surface area contributed by atoms with Crippen LogP contribution in [0.1, 0.15) is 10.4 Å². The lowest BCUT2D eigenvalue weighted by atomic mass is 10.1. The average Bonchev–Trinajstić information content (AvgIpc) is 2.57. The van der Waals surface area contributed by atoms with E-state index < -0.39 is 17.2 Å². The Morgan fingerprint density at radius 1 is 1.25 bits per heavy atom. The van der Waals surface area contributed by atoms with E-state index in [1.807, 2.05) is 9.47 Å². The third-order valence-corrected chi connectivity index (χ3v) is 5.47. The van der Waals surface area contributed by atoms with Gasteiger partial charge in [0.1, 0.15) is 17.2 Å². The van der Waals surface area contributed by atoms with Gasteiger partial charge in [0, 0.05) is 43.4 Å². The van der Waals surface area contributed by atoms with Gasteiger partial charge >= 0.3 is 5.97 Å². The second kappa shape index (κ2) is 5.78.